The Balaban J connectivity index is 1.71. The van der Waals surface area contributed by atoms with E-state index >= 15 is 0 Å². The molecule has 3 fully saturated rings. The summed E-state index contributed by atoms with van der Waals surface area (Å²) in [6, 6.07) is 0. The molecule has 2 saturated carbocycles. The van der Waals surface area contributed by atoms with Crippen molar-refractivity contribution in [3.8, 4) is 0 Å². The quantitative estimate of drug-likeness (QED) is 0.535. The van der Waals surface area contributed by atoms with Crippen LogP contribution in [0.25, 0.3) is 0 Å². The predicted molar refractivity (Wildman–Crippen MR) is 87.9 cm³/mol. The van der Waals surface area contributed by atoms with Crippen LogP contribution >= 0.6 is 0 Å². The molecule has 0 N–H and O–H groups in total. The largest absolute Gasteiger partial charge is 0.458 e. The first-order chi connectivity index (χ1) is 11.4. The Bertz CT molecular complexity index is 692. The van der Waals surface area contributed by atoms with Crippen molar-refractivity contribution in [2.24, 2.45) is 17.3 Å². The summed E-state index contributed by atoms with van der Waals surface area (Å²) in [6.45, 7) is 8.29. The second-order valence-electron chi connectivity index (χ2n) is 8.49. The third-order valence-corrected chi connectivity index (χ3v) is 7.71. The number of carbonyl (C=O) groups excluding carboxylic acids is 2. The molecule has 1 saturated heterocycles. The van der Waals surface area contributed by atoms with E-state index in [1.807, 2.05) is 6.92 Å². The average molecular weight is 374 g/mol. The zero-order valence-electron chi connectivity index (χ0n) is 15.3. The van der Waals surface area contributed by atoms with E-state index in [2.05, 4.69) is 0 Å². The van der Waals surface area contributed by atoms with Crippen LogP contribution in [-0.2, 0) is 33.4 Å². The highest BCUT2D eigenvalue weighted by atomic mass is 32.2. The first-order valence-corrected chi connectivity index (χ1v) is 10.2. The maximum Gasteiger partial charge on any atom is 0.350 e. The highest BCUT2D eigenvalue weighted by Gasteiger charge is 2.66. The van der Waals surface area contributed by atoms with Crippen molar-refractivity contribution >= 4 is 22.1 Å². The minimum Gasteiger partial charge on any atom is -0.458 e. The summed E-state index contributed by atoms with van der Waals surface area (Å²) < 4.78 is 40.4. The van der Waals surface area contributed by atoms with Crippen molar-refractivity contribution in [2.45, 2.75) is 76.9 Å². The molecule has 0 radical (unpaired) electrons. The van der Waals surface area contributed by atoms with Crippen LogP contribution in [0.2, 0.25) is 0 Å². The second-order valence-corrected chi connectivity index (χ2v) is 10.2. The van der Waals surface area contributed by atoms with E-state index in [-0.39, 0.29) is 17.9 Å². The van der Waals surface area contributed by atoms with Gasteiger partial charge >= 0.3 is 11.9 Å². The Morgan fingerprint density at radius 3 is 2.36 bits per heavy atom. The number of carbonyl (C=O) groups is 2. The van der Waals surface area contributed by atoms with Gasteiger partial charge in [-0.1, -0.05) is 6.92 Å². The van der Waals surface area contributed by atoms with Crippen molar-refractivity contribution in [2.75, 3.05) is 0 Å². The van der Waals surface area contributed by atoms with Crippen LogP contribution in [0.3, 0.4) is 0 Å². The van der Waals surface area contributed by atoms with Crippen LogP contribution in [0.5, 0.6) is 0 Å². The van der Waals surface area contributed by atoms with Gasteiger partial charge in [-0.05, 0) is 47.0 Å². The molecule has 5 atom stereocenters. The fourth-order valence-corrected chi connectivity index (χ4v) is 5.92. The van der Waals surface area contributed by atoms with Crippen LogP contribution in [0, 0.1) is 17.3 Å². The number of rotatable bonds is 5. The monoisotopic (exact) mass is 374 g/mol. The molecule has 5 unspecified atom stereocenters. The molecule has 0 aromatic heterocycles. The maximum atomic E-state index is 12.6. The summed E-state index contributed by atoms with van der Waals surface area (Å²) in [5.74, 6) is -1.32. The third-order valence-electron chi connectivity index (χ3n) is 5.91. The van der Waals surface area contributed by atoms with Gasteiger partial charge in [0.15, 0.2) is 0 Å². The zero-order valence-corrected chi connectivity index (χ0v) is 16.1. The van der Waals surface area contributed by atoms with Gasteiger partial charge in [-0.15, -0.1) is 0 Å². The van der Waals surface area contributed by atoms with Crippen LogP contribution in [-0.4, -0.2) is 43.4 Å². The molecule has 0 amide bonds. The molecule has 142 valence electrons. The van der Waals surface area contributed by atoms with E-state index in [9.17, 15) is 18.0 Å². The fourth-order valence-electron chi connectivity index (χ4n) is 3.91. The standard InChI is InChI=1S/C17H26O7S/c1-6-16(2,3)14(18)23-17(4,5)15(19)22-12-9-7-10-11(8-9)24-25(20,21)13(10)12/h9-13H,6-8H2,1-5H3. The molecule has 1 aliphatic heterocycles. The summed E-state index contributed by atoms with van der Waals surface area (Å²) in [5, 5.41) is -0.793. The first kappa shape index (κ1) is 18.6. The summed E-state index contributed by atoms with van der Waals surface area (Å²) in [7, 11) is -3.71. The molecule has 0 spiro atoms. The fraction of sp³-hybridized carbons (Fsp3) is 0.882. The Labute approximate surface area is 148 Å². The van der Waals surface area contributed by atoms with Crippen LogP contribution in [0.4, 0.5) is 0 Å². The van der Waals surface area contributed by atoms with E-state index in [0.29, 0.717) is 19.3 Å². The molecule has 2 aliphatic carbocycles. The molecule has 3 rings (SSSR count). The summed E-state index contributed by atoms with van der Waals surface area (Å²) in [5.41, 5.74) is -2.19. The maximum absolute atomic E-state index is 12.6. The van der Waals surface area contributed by atoms with Crippen LogP contribution in [0.1, 0.15) is 53.9 Å². The molecule has 7 nitrogen and oxygen atoms in total. The van der Waals surface area contributed by atoms with Gasteiger partial charge in [-0.2, -0.15) is 8.42 Å². The number of ether oxygens (including phenoxy) is 2. The molecular formula is C17H26O7S. The first-order valence-electron chi connectivity index (χ1n) is 8.75. The Morgan fingerprint density at radius 2 is 1.76 bits per heavy atom. The van der Waals surface area contributed by atoms with Crippen LogP contribution in [0.15, 0.2) is 0 Å². The minimum atomic E-state index is -3.71. The lowest BCUT2D eigenvalue weighted by atomic mass is 9.90. The highest BCUT2D eigenvalue weighted by molar-refractivity contribution is 7.87. The summed E-state index contributed by atoms with van der Waals surface area (Å²) in [4.78, 5) is 24.9. The minimum absolute atomic E-state index is 0.0141. The molecule has 1 heterocycles. The van der Waals surface area contributed by atoms with E-state index in [0.717, 1.165) is 0 Å². The summed E-state index contributed by atoms with van der Waals surface area (Å²) in [6.07, 6.45) is 0.851. The van der Waals surface area contributed by atoms with Gasteiger partial charge in [0.25, 0.3) is 10.1 Å². The zero-order chi connectivity index (χ0) is 18.8. The van der Waals surface area contributed by atoms with E-state index in [4.69, 9.17) is 13.7 Å². The average Bonchev–Trinajstić information content (AvgIpc) is 3.08. The van der Waals surface area contributed by atoms with Crippen molar-refractivity contribution < 1.29 is 31.7 Å². The number of hydrogen-bond donors (Lipinski definition) is 0. The van der Waals surface area contributed by atoms with Crippen LogP contribution < -0.4 is 0 Å². The van der Waals surface area contributed by atoms with Gasteiger partial charge in [0.1, 0.15) is 11.4 Å². The lowest BCUT2D eigenvalue weighted by Gasteiger charge is -2.32. The summed E-state index contributed by atoms with van der Waals surface area (Å²) >= 11 is 0. The van der Waals surface area contributed by atoms with Gasteiger partial charge < -0.3 is 9.47 Å². The molecule has 0 aromatic rings. The van der Waals surface area contributed by atoms with Crippen molar-refractivity contribution in [3.05, 3.63) is 0 Å². The van der Waals surface area contributed by atoms with Gasteiger partial charge in [-0.25, -0.2) is 4.79 Å². The number of fused-ring (bicyclic) bond motifs is 1. The van der Waals surface area contributed by atoms with Gasteiger partial charge in [0, 0.05) is 11.8 Å². The molecular weight excluding hydrogens is 348 g/mol. The SMILES string of the molecule is CCC(C)(C)C(=O)OC(C)(C)C(=O)OC1C2CC3OS(=O)(=O)C1C3C2. The van der Waals surface area contributed by atoms with E-state index < -0.39 is 44.4 Å². The Kier molecular flexibility index (Phi) is 4.23. The molecule has 3 aliphatic rings. The Morgan fingerprint density at radius 1 is 1.12 bits per heavy atom. The smallest absolute Gasteiger partial charge is 0.350 e. The molecule has 25 heavy (non-hydrogen) atoms. The lowest BCUT2D eigenvalue weighted by Crippen LogP contribution is -2.47. The van der Waals surface area contributed by atoms with Gasteiger partial charge in [-0.3, -0.25) is 8.98 Å². The third kappa shape index (κ3) is 2.97. The normalized spacial score (nSPS) is 35.6. The van der Waals surface area contributed by atoms with Crippen molar-refractivity contribution in [1.29, 1.82) is 0 Å². The van der Waals surface area contributed by atoms with Gasteiger partial charge in [0.2, 0.25) is 5.60 Å². The lowest BCUT2D eigenvalue weighted by molar-refractivity contribution is -0.188. The number of esters is 2. The second kappa shape index (κ2) is 5.67. The molecule has 0 aromatic carbocycles. The molecule has 8 heteroatoms. The Hall–Kier alpha value is -1.15. The topological polar surface area (TPSA) is 96.0 Å². The van der Waals surface area contributed by atoms with Crippen molar-refractivity contribution in [1.82, 2.24) is 0 Å². The van der Waals surface area contributed by atoms with E-state index in [1.54, 1.807) is 13.8 Å². The predicted octanol–water partition coefficient (Wildman–Crippen LogP) is 1.79. The van der Waals surface area contributed by atoms with E-state index in [1.165, 1.54) is 13.8 Å². The van der Waals surface area contributed by atoms with Gasteiger partial charge in [0.05, 0.1) is 11.5 Å². The van der Waals surface area contributed by atoms with Crippen molar-refractivity contribution in [3.63, 3.8) is 0 Å². The molecule has 2 bridgehead atoms. The number of hydrogen-bond acceptors (Lipinski definition) is 7. The highest BCUT2D eigenvalue weighted by Crippen LogP contribution is 2.55.